The zero-order chi connectivity index (χ0) is 18.0. The Bertz CT molecular complexity index is 1020. The molecule has 0 fully saturated rings. The Kier molecular flexibility index (Phi) is 4.34. The Labute approximate surface area is 143 Å². The monoisotopic (exact) mass is 339 g/mol. The fourth-order valence-electron chi connectivity index (χ4n) is 2.53. The lowest BCUT2D eigenvalue weighted by Crippen LogP contribution is -2.44. The van der Waals surface area contributed by atoms with E-state index in [2.05, 4.69) is 15.8 Å². The van der Waals surface area contributed by atoms with Gasteiger partial charge in [0.1, 0.15) is 12.2 Å². The average molecular weight is 339 g/mol. The third-order valence-corrected chi connectivity index (χ3v) is 3.86. The second kappa shape index (κ2) is 6.60. The quantitative estimate of drug-likeness (QED) is 0.679. The van der Waals surface area contributed by atoms with Gasteiger partial charge in [-0.05, 0) is 30.7 Å². The molecule has 0 aliphatic heterocycles. The molecule has 3 rings (SSSR count). The number of nitrogens with zero attached hydrogens (tertiary/aromatic N) is 3. The summed E-state index contributed by atoms with van der Waals surface area (Å²) >= 11 is 0. The molecule has 128 valence electrons. The third kappa shape index (κ3) is 3.27. The first-order valence-corrected chi connectivity index (χ1v) is 7.62. The van der Waals surface area contributed by atoms with Crippen LogP contribution < -0.4 is 16.4 Å². The summed E-state index contributed by atoms with van der Waals surface area (Å²) < 4.78 is 2.83. The Balaban J connectivity index is 1.70. The Hall–Kier alpha value is -3.42. The van der Waals surface area contributed by atoms with Gasteiger partial charge in [0.05, 0.1) is 17.2 Å². The van der Waals surface area contributed by atoms with Gasteiger partial charge in [-0.1, -0.05) is 12.1 Å². The van der Waals surface area contributed by atoms with Gasteiger partial charge < -0.3 is 4.57 Å². The topological polar surface area (TPSA) is 98.0 Å². The van der Waals surface area contributed by atoms with Crippen LogP contribution in [-0.2, 0) is 18.4 Å². The normalized spacial score (nSPS) is 10.6. The number of hydrogen-bond donors (Lipinski definition) is 2. The molecular formula is C17H17N5O3. The molecule has 8 nitrogen and oxygen atoms in total. The van der Waals surface area contributed by atoms with E-state index < -0.39 is 11.8 Å². The number of fused-ring (bicyclic) bond motifs is 1. The molecule has 0 aliphatic carbocycles. The second-order valence-electron chi connectivity index (χ2n) is 5.66. The van der Waals surface area contributed by atoms with Gasteiger partial charge in [0.15, 0.2) is 0 Å². The first kappa shape index (κ1) is 16.4. The highest BCUT2D eigenvalue weighted by atomic mass is 16.2. The number of carbonyl (C=O) groups excluding carboxylic acids is 2. The second-order valence-corrected chi connectivity index (χ2v) is 5.66. The van der Waals surface area contributed by atoms with Crippen LogP contribution in [0.25, 0.3) is 10.9 Å². The summed E-state index contributed by atoms with van der Waals surface area (Å²) in [5.41, 5.74) is 6.21. The number of aryl methyl sites for hydroxylation is 2. The lowest BCUT2D eigenvalue weighted by molar-refractivity contribution is -0.122. The molecule has 0 aliphatic rings. The number of rotatable bonds is 3. The number of amides is 2. The van der Waals surface area contributed by atoms with Crippen molar-refractivity contribution in [1.82, 2.24) is 25.0 Å². The van der Waals surface area contributed by atoms with Crippen LogP contribution in [0.4, 0.5) is 0 Å². The van der Waals surface area contributed by atoms with E-state index >= 15 is 0 Å². The van der Waals surface area contributed by atoms with Gasteiger partial charge in [0.25, 0.3) is 17.4 Å². The van der Waals surface area contributed by atoms with E-state index in [0.29, 0.717) is 16.6 Å². The van der Waals surface area contributed by atoms with Crippen molar-refractivity contribution in [3.8, 4) is 0 Å². The van der Waals surface area contributed by atoms with E-state index in [-0.39, 0.29) is 12.1 Å². The molecule has 0 bridgehead atoms. The van der Waals surface area contributed by atoms with Crippen LogP contribution in [0.5, 0.6) is 0 Å². The van der Waals surface area contributed by atoms with Crippen molar-refractivity contribution in [3.63, 3.8) is 0 Å². The Morgan fingerprint density at radius 1 is 1.16 bits per heavy atom. The van der Waals surface area contributed by atoms with E-state index in [1.165, 1.54) is 10.9 Å². The summed E-state index contributed by atoms with van der Waals surface area (Å²) in [4.78, 5) is 40.6. The van der Waals surface area contributed by atoms with Gasteiger partial charge in [-0.25, -0.2) is 4.98 Å². The molecule has 2 aromatic heterocycles. The molecule has 0 unspecified atom stereocenters. The van der Waals surface area contributed by atoms with Crippen molar-refractivity contribution in [2.45, 2.75) is 13.5 Å². The fraction of sp³-hybridized carbons (Fsp3) is 0.176. The minimum atomic E-state index is -0.529. The maximum Gasteiger partial charge on any atom is 0.286 e. The number of para-hydroxylation sites is 1. The summed E-state index contributed by atoms with van der Waals surface area (Å²) in [5.74, 6) is -0.973. The van der Waals surface area contributed by atoms with Crippen molar-refractivity contribution < 1.29 is 9.59 Å². The van der Waals surface area contributed by atoms with Crippen LogP contribution >= 0.6 is 0 Å². The zero-order valence-corrected chi connectivity index (χ0v) is 13.8. The van der Waals surface area contributed by atoms with Gasteiger partial charge >= 0.3 is 0 Å². The lowest BCUT2D eigenvalue weighted by atomic mass is 10.1. The van der Waals surface area contributed by atoms with Gasteiger partial charge in [-0.3, -0.25) is 29.8 Å². The molecule has 2 N–H and O–H groups in total. The summed E-state index contributed by atoms with van der Waals surface area (Å²) in [6.45, 7) is 1.62. The predicted molar refractivity (Wildman–Crippen MR) is 91.8 cm³/mol. The van der Waals surface area contributed by atoms with Crippen molar-refractivity contribution in [2.24, 2.45) is 7.05 Å². The van der Waals surface area contributed by atoms with E-state index in [1.807, 2.05) is 13.0 Å². The number of hydrazine groups is 1. The standard InChI is InChI=1S/C17H17N5O3/c1-11-5-3-6-12-15(11)18-10-22(17(12)25)9-14(23)19-20-16(24)13-7-4-8-21(13)2/h3-8,10H,9H2,1-2H3,(H,19,23)(H,20,24). The van der Waals surface area contributed by atoms with Crippen LogP contribution in [-0.4, -0.2) is 25.9 Å². The fourth-order valence-corrected chi connectivity index (χ4v) is 2.53. The minimum Gasteiger partial charge on any atom is -0.347 e. The number of benzene rings is 1. The molecule has 2 heterocycles. The zero-order valence-electron chi connectivity index (χ0n) is 13.8. The van der Waals surface area contributed by atoms with Crippen molar-refractivity contribution in [1.29, 1.82) is 0 Å². The van der Waals surface area contributed by atoms with E-state index in [9.17, 15) is 14.4 Å². The molecule has 2 amide bonds. The smallest absolute Gasteiger partial charge is 0.286 e. The molecule has 0 radical (unpaired) electrons. The summed E-state index contributed by atoms with van der Waals surface area (Å²) in [7, 11) is 1.72. The summed E-state index contributed by atoms with van der Waals surface area (Å²) in [6, 6.07) is 8.65. The molecule has 25 heavy (non-hydrogen) atoms. The summed E-state index contributed by atoms with van der Waals surface area (Å²) in [5, 5.41) is 0.447. The van der Waals surface area contributed by atoms with Gasteiger partial charge in [-0.2, -0.15) is 0 Å². The molecule has 0 atom stereocenters. The molecule has 0 spiro atoms. The molecule has 8 heteroatoms. The number of aromatic nitrogens is 3. The largest absolute Gasteiger partial charge is 0.347 e. The van der Waals surface area contributed by atoms with Crippen molar-refractivity contribution in [3.05, 3.63) is 64.5 Å². The molecule has 0 saturated carbocycles. The summed E-state index contributed by atoms with van der Waals surface area (Å²) in [6.07, 6.45) is 3.05. The highest BCUT2D eigenvalue weighted by molar-refractivity contribution is 5.94. The lowest BCUT2D eigenvalue weighted by Gasteiger charge is -2.10. The van der Waals surface area contributed by atoms with E-state index in [4.69, 9.17) is 0 Å². The van der Waals surface area contributed by atoms with Crippen molar-refractivity contribution in [2.75, 3.05) is 0 Å². The van der Waals surface area contributed by atoms with Gasteiger partial charge in [0, 0.05) is 13.2 Å². The van der Waals surface area contributed by atoms with E-state index in [1.54, 1.807) is 42.1 Å². The molecule has 0 saturated heterocycles. The Morgan fingerprint density at radius 2 is 1.96 bits per heavy atom. The van der Waals surface area contributed by atoms with Crippen molar-refractivity contribution >= 4 is 22.7 Å². The van der Waals surface area contributed by atoms with Crippen LogP contribution in [0, 0.1) is 6.92 Å². The van der Waals surface area contributed by atoms with Gasteiger partial charge in [-0.15, -0.1) is 0 Å². The number of nitrogens with one attached hydrogen (secondary N) is 2. The van der Waals surface area contributed by atoms with E-state index in [0.717, 1.165) is 5.56 Å². The minimum absolute atomic E-state index is 0.247. The van der Waals surface area contributed by atoms with Crippen LogP contribution in [0.2, 0.25) is 0 Å². The SMILES string of the molecule is Cc1cccc2c(=O)n(CC(=O)NNC(=O)c3cccn3C)cnc12. The number of hydrogen-bond acceptors (Lipinski definition) is 4. The van der Waals surface area contributed by atoms with Crippen LogP contribution in [0.15, 0.2) is 47.7 Å². The van der Waals surface area contributed by atoms with Gasteiger partial charge in [0.2, 0.25) is 0 Å². The number of carbonyl (C=O) groups is 2. The third-order valence-electron chi connectivity index (χ3n) is 3.86. The average Bonchev–Trinajstić information content (AvgIpc) is 3.02. The first-order valence-electron chi connectivity index (χ1n) is 7.62. The maximum absolute atomic E-state index is 12.4. The molecule has 1 aromatic carbocycles. The highest BCUT2D eigenvalue weighted by Crippen LogP contribution is 2.11. The predicted octanol–water partition coefficient (Wildman–Crippen LogP) is 0.505. The first-order chi connectivity index (χ1) is 12.0. The highest BCUT2D eigenvalue weighted by Gasteiger charge is 2.12. The van der Waals surface area contributed by atoms with Crippen LogP contribution in [0.1, 0.15) is 16.1 Å². The Morgan fingerprint density at radius 3 is 2.68 bits per heavy atom. The molecule has 3 aromatic rings. The maximum atomic E-state index is 12.4. The molecular weight excluding hydrogens is 322 g/mol. The van der Waals surface area contributed by atoms with Crippen LogP contribution in [0.3, 0.4) is 0 Å².